The van der Waals surface area contributed by atoms with Crippen molar-refractivity contribution in [3.63, 3.8) is 0 Å². The summed E-state index contributed by atoms with van der Waals surface area (Å²) in [5.41, 5.74) is 1.20. The first-order valence-electron chi connectivity index (χ1n) is 7.14. The number of halogens is 2. The zero-order valence-electron chi connectivity index (χ0n) is 12.8. The fourth-order valence-corrected chi connectivity index (χ4v) is 2.61. The normalized spacial score (nSPS) is 10.3. The monoisotopic (exact) mass is 367 g/mol. The molecule has 0 atom stereocenters. The van der Waals surface area contributed by atoms with Crippen LogP contribution >= 0.6 is 23.2 Å². The van der Waals surface area contributed by atoms with Gasteiger partial charge in [-0.25, -0.2) is 4.79 Å². The van der Waals surface area contributed by atoms with E-state index >= 15 is 0 Å². The topological polar surface area (TPSA) is 75.6 Å². The van der Waals surface area contributed by atoms with Crippen LogP contribution in [-0.2, 0) is 6.54 Å². The molecule has 0 heterocycles. The molecule has 2 rings (SSSR count). The summed E-state index contributed by atoms with van der Waals surface area (Å²) in [5.74, 6) is -1.10. The average Bonchev–Trinajstić information content (AvgIpc) is 2.55. The van der Waals surface area contributed by atoms with E-state index < -0.39 is 5.97 Å². The standard InChI is InChI=1S/C17H15Cl2NO4/c1-2-24-15-13(7-12(18)8-14(15)19)16(21)20-9-10-3-5-11(6-4-10)17(22)23/h3-8H,2,9H2,1H3,(H,20,21)(H,22,23). The minimum atomic E-state index is -1.000. The van der Waals surface area contributed by atoms with Crippen molar-refractivity contribution >= 4 is 35.1 Å². The minimum Gasteiger partial charge on any atom is -0.491 e. The summed E-state index contributed by atoms with van der Waals surface area (Å²) >= 11 is 12.0. The number of ether oxygens (including phenoxy) is 1. The van der Waals surface area contributed by atoms with Crippen molar-refractivity contribution in [2.24, 2.45) is 0 Å². The largest absolute Gasteiger partial charge is 0.491 e. The number of aromatic carboxylic acids is 1. The maximum atomic E-state index is 12.4. The van der Waals surface area contributed by atoms with Gasteiger partial charge < -0.3 is 15.2 Å². The zero-order chi connectivity index (χ0) is 17.7. The molecule has 126 valence electrons. The van der Waals surface area contributed by atoms with Crippen molar-refractivity contribution in [2.45, 2.75) is 13.5 Å². The maximum absolute atomic E-state index is 12.4. The molecule has 0 aromatic heterocycles. The van der Waals surface area contributed by atoms with Crippen molar-refractivity contribution in [1.82, 2.24) is 5.32 Å². The number of amides is 1. The average molecular weight is 368 g/mol. The number of nitrogens with one attached hydrogen (secondary N) is 1. The van der Waals surface area contributed by atoms with E-state index in [1.165, 1.54) is 24.3 Å². The van der Waals surface area contributed by atoms with Crippen LogP contribution < -0.4 is 10.1 Å². The van der Waals surface area contributed by atoms with Crippen LogP contribution in [-0.4, -0.2) is 23.6 Å². The number of rotatable bonds is 6. The van der Waals surface area contributed by atoms with Crippen LogP contribution in [0.2, 0.25) is 10.0 Å². The molecule has 0 fully saturated rings. The molecule has 1 amide bonds. The second-order valence-corrected chi connectivity index (χ2v) is 5.73. The molecule has 0 aliphatic heterocycles. The lowest BCUT2D eigenvalue weighted by molar-refractivity contribution is 0.0696. The van der Waals surface area contributed by atoms with Crippen molar-refractivity contribution in [1.29, 1.82) is 0 Å². The van der Waals surface area contributed by atoms with Crippen LogP contribution in [0.4, 0.5) is 0 Å². The van der Waals surface area contributed by atoms with Gasteiger partial charge in [0.15, 0.2) is 5.75 Å². The third-order valence-corrected chi connectivity index (χ3v) is 3.69. The van der Waals surface area contributed by atoms with E-state index in [1.807, 2.05) is 0 Å². The Labute approximate surface area is 149 Å². The lowest BCUT2D eigenvalue weighted by Gasteiger charge is -2.13. The van der Waals surface area contributed by atoms with E-state index in [4.69, 9.17) is 33.0 Å². The van der Waals surface area contributed by atoms with Gasteiger partial charge in [0.25, 0.3) is 5.91 Å². The molecule has 2 N–H and O–H groups in total. The second kappa shape index (κ2) is 8.04. The van der Waals surface area contributed by atoms with Gasteiger partial charge in [0.05, 0.1) is 22.8 Å². The molecule has 0 unspecified atom stereocenters. The third kappa shape index (κ3) is 4.40. The van der Waals surface area contributed by atoms with Gasteiger partial charge in [-0.15, -0.1) is 0 Å². The third-order valence-electron chi connectivity index (χ3n) is 3.20. The zero-order valence-corrected chi connectivity index (χ0v) is 14.3. The molecule has 0 saturated carbocycles. The Bertz CT molecular complexity index is 760. The number of carbonyl (C=O) groups excluding carboxylic acids is 1. The summed E-state index contributed by atoms with van der Waals surface area (Å²) in [5, 5.41) is 12.2. The first-order chi connectivity index (χ1) is 11.4. The van der Waals surface area contributed by atoms with Gasteiger partial charge in [-0.1, -0.05) is 35.3 Å². The Morgan fingerprint density at radius 2 is 1.83 bits per heavy atom. The van der Waals surface area contributed by atoms with Gasteiger partial charge in [-0.3, -0.25) is 4.79 Å². The van der Waals surface area contributed by atoms with Crippen LogP contribution in [0, 0.1) is 0 Å². The van der Waals surface area contributed by atoms with Gasteiger partial charge >= 0.3 is 5.97 Å². The van der Waals surface area contributed by atoms with Crippen molar-refractivity contribution in [3.8, 4) is 5.75 Å². The van der Waals surface area contributed by atoms with E-state index in [1.54, 1.807) is 19.1 Å². The van der Waals surface area contributed by atoms with Gasteiger partial charge in [-0.2, -0.15) is 0 Å². The Hall–Kier alpha value is -2.24. The highest BCUT2D eigenvalue weighted by Gasteiger charge is 2.17. The van der Waals surface area contributed by atoms with Crippen molar-refractivity contribution in [3.05, 3.63) is 63.1 Å². The van der Waals surface area contributed by atoms with Gasteiger partial charge in [0.2, 0.25) is 0 Å². The molecule has 7 heteroatoms. The minimum absolute atomic E-state index is 0.185. The van der Waals surface area contributed by atoms with E-state index in [9.17, 15) is 9.59 Å². The molecule has 0 aliphatic rings. The summed E-state index contributed by atoms with van der Waals surface area (Å²) in [6.07, 6.45) is 0. The molecule has 0 bridgehead atoms. The SMILES string of the molecule is CCOc1c(Cl)cc(Cl)cc1C(=O)NCc1ccc(C(=O)O)cc1. The lowest BCUT2D eigenvalue weighted by atomic mass is 10.1. The van der Waals surface area contributed by atoms with Crippen molar-refractivity contribution < 1.29 is 19.4 Å². The van der Waals surface area contributed by atoms with Crippen LogP contribution in [0.3, 0.4) is 0 Å². The number of carboxylic acids is 1. The van der Waals surface area contributed by atoms with E-state index in [0.717, 1.165) is 5.56 Å². The van der Waals surface area contributed by atoms with Crippen LogP contribution in [0.15, 0.2) is 36.4 Å². The molecule has 0 aliphatic carbocycles. The molecule has 0 saturated heterocycles. The smallest absolute Gasteiger partial charge is 0.335 e. The second-order valence-electron chi connectivity index (χ2n) is 4.88. The Balaban J connectivity index is 2.13. The highest BCUT2D eigenvalue weighted by atomic mass is 35.5. The number of carboxylic acid groups (broad SMARTS) is 1. The number of carbonyl (C=O) groups is 2. The summed E-state index contributed by atoms with van der Waals surface area (Å²) in [6.45, 7) is 2.38. The molecule has 24 heavy (non-hydrogen) atoms. The molecular formula is C17H15Cl2NO4. The molecule has 2 aromatic rings. The number of benzene rings is 2. The fraction of sp³-hybridized carbons (Fsp3) is 0.176. The Morgan fingerprint density at radius 3 is 2.42 bits per heavy atom. The molecule has 2 aromatic carbocycles. The van der Waals surface area contributed by atoms with E-state index in [2.05, 4.69) is 5.32 Å². The molecular weight excluding hydrogens is 353 g/mol. The fourth-order valence-electron chi connectivity index (χ4n) is 2.06. The van der Waals surface area contributed by atoms with Gasteiger partial charge in [-0.05, 0) is 36.8 Å². The molecule has 0 radical (unpaired) electrons. The lowest BCUT2D eigenvalue weighted by Crippen LogP contribution is -2.23. The number of hydrogen-bond acceptors (Lipinski definition) is 3. The Morgan fingerprint density at radius 1 is 1.17 bits per heavy atom. The highest BCUT2D eigenvalue weighted by molar-refractivity contribution is 6.36. The summed E-state index contributed by atoms with van der Waals surface area (Å²) in [7, 11) is 0. The maximum Gasteiger partial charge on any atom is 0.335 e. The van der Waals surface area contributed by atoms with Crippen LogP contribution in [0.1, 0.15) is 33.2 Å². The highest BCUT2D eigenvalue weighted by Crippen LogP contribution is 2.32. The van der Waals surface area contributed by atoms with Gasteiger partial charge in [0, 0.05) is 11.6 Å². The molecule has 0 spiro atoms. The first kappa shape index (κ1) is 18.1. The summed E-state index contributed by atoms with van der Waals surface area (Å²) in [4.78, 5) is 23.2. The first-order valence-corrected chi connectivity index (χ1v) is 7.90. The van der Waals surface area contributed by atoms with Gasteiger partial charge in [0.1, 0.15) is 0 Å². The summed E-state index contributed by atoms with van der Waals surface area (Å²) in [6, 6.07) is 9.23. The predicted molar refractivity (Wildman–Crippen MR) is 92.2 cm³/mol. The quantitative estimate of drug-likeness (QED) is 0.808. The molecule has 5 nitrogen and oxygen atoms in total. The predicted octanol–water partition coefficient (Wildman–Crippen LogP) is 4.02. The Kier molecular flexibility index (Phi) is 6.06. The van der Waals surface area contributed by atoms with Crippen LogP contribution in [0.5, 0.6) is 5.75 Å². The van der Waals surface area contributed by atoms with E-state index in [-0.39, 0.29) is 34.4 Å². The van der Waals surface area contributed by atoms with Crippen molar-refractivity contribution in [2.75, 3.05) is 6.61 Å². The van der Waals surface area contributed by atoms with E-state index in [0.29, 0.717) is 11.6 Å². The van der Waals surface area contributed by atoms with Crippen LogP contribution in [0.25, 0.3) is 0 Å². The summed E-state index contributed by atoms with van der Waals surface area (Å²) < 4.78 is 5.42. The number of hydrogen-bond donors (Lipinski definition) is 2.